The van der Waals surface area contributed by atoms with Gasteiger partial charge in [0.05, 0.1) is 20.1 Å². The van der Waals surface area contributed by atoms with E-state index in [-0.39, 0.29) is 5.91 Å². The third kappa shape index (κ3) is 4.75. The van der Waals surface area contributed by atoms with E-state index < -0.39 is 0 Å². The number of ether oxygens (including phenoxy) is 1. The van der Waals surface area contributed by atoms with Gasteiger partial charge in [0.15, 0.2) is 0 Å². The Balaban J connectivity index is 1.50. The number of carbonyl (C=O) groups is 1. The minimum Gasteiger partial charge on any atom is -0.497 e. The first-order valence-electron chi connectivity index (χ1n) is 8.20. The lowest BCUT2D eigenvalue weighted by molar-refractivity contribution is -0.115. The number of hydrogen-bond acceptors (Lipinski definition) is 6. The van der Waals surface area contributed by atoms with E-state index in [0.29, 0.717) is 11.6 Å². The van der Waals surface area contributed by atoms with E-state index >= 15 is 0 Å². The Bertz CT molecular complexity index is 665. The number of amides is 1. The third-order valence-electron chi connectivity index (χ3n) is 4.04. The van der Waals surface area contributed by atoms with Crippen LogP contribution in [-0.4, -0.2) is 41.2 Å². The van der Waals surface area contributed by atoms with Gasteiger partial charge in [-0.1, -0.05) is 29.9 Å². The Labute approximate surface area is 145 Å². The molecule has 1 aromatic heterocycles. The third-order valence-corrected chi connectivity index (χ3v) is 4.87. The smallest absolute Gasteiger partial charge is 0.230 e. The molecule has 0 atom stereocenters. The largest absolute Gasteiger partial charge is 0.497 e. The zero-order valence-electron chi connectivity index (χ0n) is 13.8. The standard InChI is InChI=1S/C17H22N4O2S/c1-23-14-7-5-13(6-8-14)11-15(22)18-17-20-19-16(24-17)12-21-9-3-2-4-10-21/h5-8H,2-4,9-12H2,1H3,(H,18,20,22). The van der Waals surface area contributed by atoms with E-state index in [9.17, 15) is 4.79 Å². The summed E-state index contributed by atoms with van der Waals surface area (Å²) >= 11 is 1.46. The normalized spacial score (nSPS) is 15.2. The van der Waals surface area contributed by atoms with Crippen molar-refractivity contribution in [2.24, 2.45) is 0 Å². The second kappa shape index (κ2) is 8.21. The molecule has 1 aromatic carbocycles. The van der Waals surface area contributed by atoms with Crippen LogP contribution in [0.2, 0.25) is 0 Å². The number of carbonyl (C=O) groups excluding carboxylic acids is 1. The Hall–Kier alpha value is -1.99. The van der Waals surface area contributed by atoms with Crippen molar-refractivity contribution >= 4 is 22.4 Å². The van der Waals surface area contributed by atoms with Gasteiger partial charge in [-0.15, -0.1) is 10.2 Å². The van der Waals surface area contributed by atoms with Crippen LogP contribution in [0.1, 0.15) is 29.8 Å². The van der Waals surface area contributed by atoms with Crippen LogP contribution in [0.5, 0.6) is 5.75 Å². The van der Waals surface area contributed by atoms with Crippen LogP contribution in [0.15, 0.2) is 24.3 Å². The number of hydrogen-bond donors (Lipinski definition) is 1. The monoisotopic (exact) mass is 346 g/mol. The number of anilines is 1. The van der Waals surface area contributed by atoms with Gasteiger partial charge < -0.3 is 10.1 Å². The SMILES string of the molecule is COc1ccc(CC(=O)Nc2nnc(CN3CCCCC3)s2)cc1. The van der Waals surface area contributed by atoms with Gasteiger partial charge in [-0.3, -0.25) is 9.69 Å². The van der Waals surface area contributed by atoms with Gasteiger partial charge in [-0.05, 0) is 43.6 Å². The lowest BCUT2D eigenvalue weighted by atomic mass is 10.1. The van der Waals surface area contributed by atoms with Gasteiger partial charge in [-0.2, -0.15) is 0 Å². The first kappa shape index (κ1) is 16.9. The van der Waals surface area contributed by atoms with Gasteiger partial charge in [0.1, 0.15) is 10.8 Å². The Kier molecular flexibility index (Phi) is 5.77. The molecule has 1 saturated heterocycles. The summed E-state index contributed by atoms with van der Waals surface area (Å²) in [6.07, 6.45) is 4.14. The zero-order valence-corrected chi connectivity index (χ0v) is 14.6. The van der Waals surface area contributed by atoms with Crippen molar-refractivity contribution in [3.05, 3.63) is 34.8 Å². The molecule has 0 unspecified atom stereocenters. The lowest BCUT2D eigenvalue weighted by Crippen LogP contribution is -2.28. The molecule has 6 nitrogen and oxygen atoms in total. The van der Waals surface area contributed by atoms with E-state index in [0.717, 1.165) is 36.0 Å². The Morgan fingerprint density at radius 1 is 1.21 bits per heavy atom. The van der Waals surface area contributed by atoms with Crippen molar-refractivity contribution in [2.75, 3.05) is 25.5 Å². The second-order valence-corrected chi connectivity index (χ2v) is 6.97. The number of nitrogens with one attached hydrogen (secondary N) is 1. The molecule has 7 heteroatoms. The molecule has 24 heavy (non-hydrogen) atoms. The number of likely N-dealkylation sites (tertiary alicyclic amines) is 1. The van der Waals surface area contributed by atoms with Gasteiger partial charge in [0, 0.05) is 0 Å². The van der Waals surface area contributed by atoms with E-state index in [2.05, 4.69) is 20.4 Å². The summed E-state index contributed by atoms with van der Waals surface area (Å²) in [5.74, 6) is 0.700. The minimum absolute atomic E-state index is 0.0826. The number of methoxy groups -OCH3 is 1. The molecule has 3 rings (SSSR count). The summed E-state index contributed by atoms with van der Waals surface area (Å²) in [4.78, 5) is 14.5. The van der Waals surface area contributed by atoms with Crippen molar-refractivity contribution in [1.82, 2.24) is 15.1 Å². The Morgan fingerprint density at radius 3 is 2.67 bits per heavy atom. The highest BCUT2D eigenvalue weighted by Crippen LogP contribution is 2.19. The number of piperidine rings is 1. The fourth-order valence-corrected chi connectivity index (χ4v) is 3.57. The quantitative estimate of drug-likeness (QED) is 0.871. The first-order valence-corrected chi connectivity index (χ1v) is 9.02. The van der Waals surface area contributed by atoms with Crippen LogP contribution in [0.3, 0.4) is 0 Å². The molecule has 1 aliphatic heterocycles. The van der Waals surface area contributed by atoms with E-state index in [1.54, 1.807) is 7.11 Å². The summed E-state index contributed by atoms with van der Waals surface area (Å²) in [5, 5.41) is 12.6. The van der Waals surface area contributed by atoms with Crippen molar-refractivity contribution in [1.29, 1.82) is 0 Å². The number of aromatic nitrogens is 2. The maximum Gasteiger partial charge on any atom is 0.230 e. The molecule has 0 saturated carbocycles. The zero-order chi connectivity index (χ0) is 16.8. The van der Waals surface area contributed by atoms with Gasteiger partial charge in [0.2, 0.25) is 11.0 Å². The van der Waals surface area contributed by atoms with Crippen LogP contribution >= 0.6 is 11.3 Å². The van der Waals surface area contributed by atoms with E-state index in [4.69, 9.17) is 4.74 Å². The van der Waals surface area contributed by atoms with Crippen LogP contribution in [0.25, 0.3) is 0 Å². The molecular weight excluding hydrogens is 324 g/mol. The highest BCUT2D eigenvalue weighted by atomic mass is 32.1. The molecule has 1 aliphatic rings. The van der Waals surface area contributed by atoms with Gasteiger partial charge in [0.25, 0.3) is 0 Å². The summed E-state index contributed by atoms with van der Waals surface area (Å²) in [5.41, 5.74) is 0.936. The minimum atomic E-state index is -0.0826. The highest BCUT2D eigenvalue weighted by molar-refractivity contribution is 7.15. The number of nitrogens with zero attached hydrogens (tertiary/aromatic N) is 3. The molecular formula is C17H22N4O2S. The van der Waals surface area contributed by atoms with Crippen LogP contribution in [0.4, 0.5) is 5.13 Å². The summed E-state index contributed by atoms with van der Waals surface area (Å²) in [6.45, 7) is 3.07. The van der Waals surface area contributed by atoms with Gasteiger partial charge >= 0.3 is 0 Å². The molecule has 0 aliphatic carbocycles. The average molecular weight is 346 g/mol. The maximum atomic E-state index is 12.1. The Morgan fingerprint density at radius 2 is 1.96 bits per heavy atom. The first-order chi connectivity index (χ1) is 11.7. The van der Waals surface area contributed by atoms with Gasteiger partial charge in [-0.25, -0.2) is 0 Å². The second-order valence-electron chi connectivity index (χ2n) is 5.91. The van der Waals surface area contributed by atoms with Crippen molar-refractivity contribution in [2.45, 2.75) is 32.2 Å². The van der Waals surface area contributed by atoms with Crippen LogP contribution in [0, 0.1) is 0 Å². The van der Waals surface area contributed by atoms with Crippen LogP contribution in [-0.2, 0) is 17.8 Å². The highest BCUT2D eigenvalue weighted by Gasteiger charge is 2.14. The van der Waals surface area contributed by atoms with E-state index in [1.807, 2.05) is 24.3 Å². The van der Waals surface area contributed by atoms with Crippen molar-refractivity contribution < 1.29 is 9.53 Å². The molecule has 1 N–H and O–H groups in total. The predicted molar refractivity (Wildman–Crippen MR) is 94.4 cm³/mol. The molecule has 2 heterocycles. The molecule has 128 valence electrons. The molecule has 0 radical (unpaired) electrons. The van der Waals surface area contributed by atoms with Crippen LogP contribution < -0.4 is 10.1 Å². The molecule has 2 aromatic rings. The van der Waals surface area contributed by atoms with Crippen molar-refractivity contribution in [3.63, 3.8) is 0 Å². The average Bonchev–Trinajstić information content (AvgIpc) is 3.03. The lowest BCUT2D eigenvalue weighted by Gasteiger charge is -2.24. The van der Waals surface area contributed by atoms with E-state index in [1.165, 1.54) is 30.6 Å². The topological polar surface area (TPSA) is 67.3 Å². The van der Waals surface area contributed by atoms with Crippen molar-refractivity contribution in [3.8, 4) is 5.75 Å². The summed E-state index contributed by atoms with van der Waals surface area (Å²) < 4.78 is 5.11. The molecule has 1 fully saturated rings. The fourth-order valence-electron chi connectivity index (χ4n) is 2.77. The maximum absolute atomic E-state index is 12.1. The molecule has 0 bridgehead atoms. The molecule has 1 amide bonds. The molecule has 0 spiro atoms. The summed E-state index contributed by atoms with van der Waals surface area (Å²) in [7, 11) is 1.62. The number of rotatable bonds is 6. The fraction of sp³-hybridized carbons (Fsp3) is 0.471. The predicted octanol–water partition coefficient (Wildman–Crippen LogP) is 2.71. The summed E-state index contributed by atoms with van der Waals surface area (Å²) in [6, 6.07) is 7.48. The number of benzene rings is 1.